The highest BCUT2D eigenvalue weighted by Crippen LogP contribution is 2.35. The molecular weight excluding hydrogens is 400 g/mol. The molecule has 2 saturated heterocycles. The van der Waals surface area contributed by atoms with Crippen LogP contribution in [0, 0.1) is 6.92 Å². The van der Waals surface area contributed by atoms with E-state index in [0.717, 1.165) is 31.1 Å². The predicted molar refractivity (Wildman–Crippen MR) is 111 cm³/mol. The molecular formula is C19H30BrClN4. The molecule has 1 N–H and O–H groups in total. The van der Waals surface area contributed by atoms with E-state index in [9.17, 15) is 0 Å². The summed E-state index contributed by atoms with van der Waals surface area (Å²) in [5, 5.41) is 4.32. The number of rotatable bonds is 5. The second-order valence-corrected chi connectivity index (χ2v) is 8.74. The highest BCUT2D eigenvalue weighted by Gasteiger charge is 2.25. The Morgan fingerprint density at radius 2 is 1.96 bits per heavy atom. The van der Waals surface area contributed by atoms with Crippen LogP contribution in [0.1, 0.15) is 17.5 Å². The molecule has 2 aliphatic rings. The van der Waals surface area contributed by atoms with Crippen LogP contribution in [0.3, 0.4) is 0 Å². The summed E-state index contributed by atoms with van der Waals surface area (Å²) in [7, 11) is 2.21. The summed E-state index contributed by atoms with van der Waals surface area (Å²) in [5.74, 6) is 0. The lowest BCUT2D eigenvalue weighted by Crippen LogP contribution is -2.49. The van der Waals surface area contributed by atoms with Crippen LogP contribution in [0.15, 0.2) is 12.1 Å². The minimum Gasteiger partial charge on any atom is -0.355 e. The minimum atomic E-state index is 0.303. The number of halogens is 2. The highest BCUT2D eigenvalue weighted by molar-refractivity contribution is 9.09. The van der Waals surface area contributed by atoms with Crippen LogP contribution in [0.5, 0.6) is 0 Å². The molecule has 1 aromatic carbocycles. The van der Waals surface area contributed by atoms with Gasteiger partial charge in [-0.15, -0.1) is 0 Å². The van der Waals surface area contributed by atoms with Crippen molar-refractivity contribution in [2.45, 2.75) is 24.7 Å². The standard InChI is InChI=1S/C19H30BrClN4/c1-15-5-6-17(21)19(25-9-7-22-14-18(25)20)16(15)4-3-8-24-12-10-23(2)11-13-24/h5-6,18,22H,3-4,7-14H2,1-2H3. The topological polar surface area (TPSA) is 21.8 Å². The van der Waals surface area contributed by atoms with E-state index in [4.69, 9.17) is 11.6 Å². The normalized spacial score (nSPS) is 23.2. The first-order valence-corrected chi connectivity index (χ1v) is 10.7. The van der Waals surface area contributed by atoms with Gasteiger partial charge >= 0.3 is 0 Å². The smallest absolute Gasteiger partial charge is 0.0970 e. The van der Waals surface area contributed by atoms with Gasteiger partial charge in [0.2, 0.25) is 0 Å². The Morgan fingerprint density at radius 3 is 2.68 bits per heavy atom. The predicted octanol–water partition coefficient (Wildman–Crippen LogP) is 2.96. The monoisotopic (exact) mass is 428 g/mol. The highest BCUT2D eigenvalue weighted by atomic mass is 79.9. The van der Waals surface area contributed by atoms with Gasteiger partial charge in [0.15, 0.2) is 0 Å². The molecule has 2 heterocycles. The Bertz CT molecular complexity index is 575. The molecule has 0 bridgehead atoms. The maximum Gasteiger partial charge on any atom is 0.0970 e. The molecule has 2 fully saturated rings. The van der Waals surface area contributed by atoms with Crippen LogP contribution in [0.4, 0.5) is 5.69 Å². The van der Waals surface area contributed by atoms with Crippen LogP contribution in [0.25, 0.3) is 0 Å². The summed E-state index contributed by atoms with van der Waals surface area (Å²) in [6, 6.07) is 4.22. The first-order chi connectivity index (χ1) is 12.1. The molecule has 0 aromatic heterocycles. The summed E-state index contributed by atoms with van der Waals surface area (Å²) in [5.41, 5.74) is 4.02. The maximum atomic E-state index is 6.64. The average Bonchev–Trinajstić information content (AvgIpc) is 2.61. The van der Waals surface area contributed by atoms with Crippen LogP contribution >= 0.6 is 27.5 Å². The largest absolute Gasteiger partial charge is 0.355 e. The number of aryl methyl sites for hydroxylation is 1. The summed E-state index contributed by atoms with van der Waals surface area (Å²) in [6.07, 6.45) is 2.29. The fraction of sp³-hybridized carbons (Fsp3) is 0.684. The molecule has 0 spiro atoms. The SMILES string of the molecule is Cc1ccc(Cl)c(N2CCNCC2Br)c1CCCN1CCN(C)CC1. The summed E-state index contributed by atoms with van der Waals surface area (Å²) in [4.78, 5) is 7.74. The van der Waals surface area contributed by atoms with Crippen molar-refractivity contribution in [1.29, 1.82) is 0 Å². The van der Waals surface area contributed by atoms with Gasteiger partial charge in [0, 0.05) is 45.8 Å². The number of likely N-dealkylation sites (N-methyl/N-ethyl adjacent to an activating group) is 1. The van der Waals surface area contributed by atoms with Gasteiger partial charge in [0.1, 0.15) is 0 Å². The Balaban J connectivity index is 1.68. The van der Waals surface area contributed by atoms with E-state index < -0.39 is 0 Å². The summed E-state index contributed by atoms with van der Waals surface area (Å²) < 4.78 is 0. The molecule has 6 heteroatoms. The van der Waals surface area contributed by atoms with Gasteiger partial charge in [-0.05, 0) is 50.6 Å². The van der Waals surface area contributed by atoms with E-state index in [2.05, 4.69) is 62.1 Å². The Morgan fingerprint density at radius 1 is 1.20 bits per heavy atom. The maximum absolute atomic E-state index is 6.64. The third-order valence-electron chi connectivity index (χ3n) is 5.43. The number of hydrogen-bond acceptors (Lipinski definition) is 4. The van der Waals surface area contributed by atoms with Crippen LogP contribution in [-0.2, 0) is 6.42 Å². The number of hydrogen-bond donors (Lipinski definition) is 1. The molecule has 25 heavy (non-hydrogen) atoms. The second kappa shape index (κ2) is 9.05. The molecule has 0 aliphatic carbocycles. The number of nitrogens with zero attached hydrogens (tertiary/aromatic N) is 3. The number of nitrogens with one attached hydrogen (secondary N) is 1. The van der Waals surface area contributed by atoms with Gasteiger partial charge in [-0.25, -0.2) is 0 Å². The minimum absolute atomic E-state index is 0.303. The number of anilines is 1. The quantitative estimate of drug-likeness (QED) is 0.574. The lowest BCUT2D eigenvalue weighted by Gasteiger charge is -2.37. The summed E-state index contributed by atoms with van der Waals surface area (Å²) >= 11 is 10.5. The van der Waals surface area contributed by atoms with Crippen molar-refractivity contribution >= 4 is 33.2 Å². The average molecular weight is 430 g/mol. The van der Waals surface area contributed by atoms with Crippen LogP contribution < -0.4 is 10.2 Å². The third-order valence-corrected chi connectivity index (χ3v) is 6.56. The van der Waals surface area contributed by atoms with E-state index in [1.807, 2.05) is 0 Å². The fourth-order valence-electron chi connectivity index (χ4n) is 3.81. The molecule has 1 atom stereocenters. The van der Waals surface area contributed by atoms with Gasteiger partial charge in [-0.1, -0.05) is 33.6 Å². The van der Waals surface area contributed by atoms with Crippen molar-refractivity contribution in [3.05, 3.63) is 28.3 Å². The van der Waals surface area contributed by atoms with Crippen molar-refractivity contribution in [3.8, 4) is 0 Å². The van der Waals surface area contributed by atoms with Crippen molar-refractivity contribution in [3.63, 3.8) is 0 Å². The first kappa shape index (κ1) is 19.4. The van der Waals surface area contributed by atoms with Crippen LogP contribution in [0.2, 0.25) is 5.02 Å². The van der Waals surface area contributed by atoms with E-state index in [1.165, 1.54) is 56.0 Å². The molecule has 0 amide bonds. The first-order valence-electron chi connectivity index (χ1n) is 9.36. The number of piperazine rings is 2. The number of alkyl halides is 1. The Hall–Kier alpha value is -0.330. The second-order valence-electron chi connectivity index (χ2n) is 7.27. The van der Waals surface area contributed by atoms with Crippen LogP contribution in [-0.4, -0.2) is 74.2 Å². The van der Waals surface area contributed by atoms with Gasteiger partial charge in [0.25, 0.3) is 0 Å². The van der Waals surface area contributed by atoms with E-state index in [1.54, 1.807) is 0 Å². The zero-order valence-corrected chi connectivity index (χ0v) is 17.7. The van der Waals surface area contributed by atoms with Crippen molar-refractivity contribution in [1.82, 2.24) is 15.1 Å². The molecule has 0 saturated carbocycles. The Kier molecular flexibility index (Phi) is 7.03. The van der Waals surface area contributed by atoms with Gasteiger partial charge in [0.05, 0.1) is 15.7 Å². The van der Waals surface area contributed by atoms with E-state index in [0.29, 0.717) is 4.95 Å². The number of benzene rings is 1. The fourth-order valence-corrected chi connectivity index (χ4v) is 4.73. The molecule has 1 unspecified atom stereocenters. The zero-order valence-electron chi connectivity index (χ0n) is 15.4. The molecule has 0 radical (unpaired) electrons. The van der Waals surface area contributed by atoms with Gasteiger partial charge in [-0.2, -0.15) is 0 Å². The van der Waals surface area contributed by atoms with Gasteiger partial charge in [-0.3, -0.25) is 0 Å². The van der Waals surface area contributed by atoms with Crippen molar-refractivity contribution < 1.29 is 0 Å². The van der Waals surface area contributed by atoms with Gasteiger partial charge < -0.3 is 20.0 Å². The third kappa shape index (κ3) is 4.89. The Labute approximate surface area is 165 Å². The van der Waals surface area contributed by atoms with E-state index in [-0.39, 0.29) is 0 Å². The summed E-state index contributed by atoms with van der Waals surface area (Å²) in [6.45, 7) is 11.1. The lowest BCUT2D eigenvalue weighted by atomic mass is 10.00. The van der Waals surface area contributed by atoms with Crippen molar-refractivity contribution in [2.24, 2.45) is 0 Å². The lowest BCUT2D eigenvalue weighted by molar-refractivity contribution is 0.153. The van der Waals surface area contributed by atoms with Crippen molar-refractivity contribution in [2.75, 3.05) is 64.3 Å². The molecule has 2 aliphatic heterocycles. The molecule has 3 rings (SSSR count). The zero-order chi connectivity index (χ0) is 17.8. The molecule has 4 nitrogen and oxygen atoms in total. The molecule has 140 valence electrons. The molecule has 1 aromatic rings. The van der Waals surface area contributed by atoms with E-state index >= 15 is 0 Å².